The number of thiocarbonyl (C=S) groups is 1. The van der Waals surface area contributed by atoms with E-state index in [0.717, 1.165) is 12.8 Å². The molecule has 1 saturated carbocycles. The predicted molar refractivity (Wildman–Crippen MR) is 59.6 cm³/mol. The lowest BCUT2D eigenvalue weighted by Gasteiger charge is -2.29. The molecule has 4 heteroatoms. The van der Waals surface area contributed by atoms with Crippen LogP contribution in [0.15, 0.2) is 5.10 Å². The molecule has 13 heavy (non-hydrogen) atoms. The van der Waals surface area contributed by atoms with Crippen molar-refractivity contribution in [1.29, 1.82) is 0 Å². The van der Waals surface area contributed by atoms with E-state index < -0.39 is 0 Å². The van der Waals surface area contributed by atoms with Gasteiger partial charge in [-0.15, -0.1) is 0 Å². The number of hydrogen-bond acceptors (Lipinski definition) is 2. The zero-order valence-corrected chi connectivity index (χ0v) is 9.08. The minimum atomic E-state index is 0.246. The van der Waals surface area contributed by atoms with Crippen molar-refractivity contribution >= 4 is 23.0 Å². The third-order valence-corrected chi connectivity index (χ3v) is 2.42. The fourth-order valence-corrected chi connectivity index (χ4v) is 1.78. The highest BCUT2D eigenvalue weighted by molar-refractivity contribution is 7.80. The van der Waals surface area contributed by atoms with Crippen LogP contribution in [0.5, 0.6) is 0 Å². The van der Waals surface area contributed by atoms with Crippen LogP contribution in [0.2, 0.25) is 0 Å². The highest BCUT2D eigenvalue weighted by Gasteiger charge is 2.24. The van der Waals surface area contributed by atoms with Crippen LogP contribution in [0.25, 0.3) is 0 Å². The van der Waals surface area contributed by atoms with E-state index >= 15 is 0 Å². The maximum absolute atomic E-state index is 5.29. The highest BCUT2D eigenvalue weighted by atomic mass is 32.1. The Labute approximate surface area is 84.8 Å². The molecule has 0 aromatic heterocycles. The first-order chi connectivity index (χ1) is 5.99. The van der Waals surface area contributed by atoms with Gasteiger partial charge in [-0.05, 0) is 43.3 Å². The smallest absolute Gasteiger partial charge is 0.184 e. The van der Waals surface area contributed by atoms with Gasteiger partial charge in [0.1, 0.15) is 0 Å². The number of nitrogens with two attached hydrogens (primary N) is 1. The van der Waals surface area contributed by atoms with Crippen molar-refractivity contribution in [3.8, 4) is 0 Å². The van der Waals surface area contributed by atoms with Crippen LogP contribution in [0.3, 0.4) is 0 Å². The lowest BCUT2D eigenvalue weighted by Crippen LogP contribution is -2.28. The van der Waals surface area contributed by atoms with E-state index in [2.05, 4.69) is 36.6 Å². The Morgan fingerprint density at radius 3 is 2.85 bits per heavy atom. The average molecular weight is 199 g/mol. The van der Waals surface area contributed by atoms with Gasteiger partial charge in [0, 0.05) is 5.71 Å². The van der Waals surface area contributed by atoms with Gasteiger partial charge in [-0.3, -0.25) is 5.43 Å². The molecule has 1 rings (SSSR count). The molecule has 0 aromatic rings. The summed E-state index contributed by atoms with van der Waals surface area (Å²) in [5, 5.41) is 4.42. The van der Waals surface area contributed by atoms with E-state index in [1.165, 1.54) is 18.6 Å². The van der Waals surface area contributed by atoms with Crippen molar-refractivity contribution in [2.75, 3.05) is 0 Å². The quantitative estimate of drug-likeness (QED) is 0.500. The number of rotatable bonds is 1. The standard InChI is InChI=1S/C9H17N3S/c1-9(2)5-3-4-7(6-9)11-12-8(10)13/h3-6H2,1-2H3,(H3,10,12,13). The maximum atomic E-state index is 5.29. The molecule has 1 fully saturated rings. The van der Waals surface area contributed by atoms with E-state index in [4.69, 9.17) is 5.73 Å². The number of nitrogens with zero attached hydrogens (tertiary/aromatic N) is 1. The van der Waals surface area contributed by atoms with Crippen molar-refractivity contribution in [2.45, 2.75) is 39.5 Å². The van der Waals surface area contributed by atoms with E-state index in [-0.39, 0.29) is 5.11 Å². The summed E-state index contributed by atoms with van der Waals surface area (Å²) in [6, 6.07) is 0. The minimum absolute atomic E-state index is 0.246. The molecule has 74 valence electrons. The summed E-state index contributed by atoms with van der Waals surface area (Å²) in [7, 11) is 0. The van der Waals surface area contributed by atoms with Gasteiger partial charge < -0.3 is 5.73 Å². The molecule has 3 nitrogen and oxygen atoms in total. The number of hydrogen-bond donors (Lipinski definition) is 2. The Morgan fingerprint density at radius 1 is 1.62 bits per heavy atom. The van der Waals surface area contributed by atoms with Crippen molar-refractivity contribution in [1.82, 2.24) is 5.43 Å². The predicted octanol–water partition coefficient (Wildman–Crippen LogP) is 1.78. The Bertz CT molecular complexity index is 233. The second kappa shape index (κ2) is 4.05. The third kappa shape index (κ3) is 3.72. The Hall–Kier alpha value is -0.640. The minimum Gasteiger partial charge on any atom is -0.375 e. The lowest BCUT2D eigenvalue weighted by molar-refractivity contribution is 0.320. The molecule has 0 saturated heterocycles. The molecule has 0 radical (unpaired) electrons. The van der Waals surface area contributed by atoms with Crippen molar-refractivity contribution < 1.29 is 0 Å². The molecule has 0 unspecified atom stereocenters. The maximum Gasteiger partial charge on any atom is 0.184 e. The first-order valence-electron chi connectivity index (χ1n) is 4.60. The monoisotopic (exact) mass is 199 g/mol. The largest absolute Gasteiger partial charge is 0.375 e. The van der Waals surface area contributed by atoms with Crippen molar-refractivity contribution in [3.05, 3.63) is 0 Å². The summed E-state index contributed by atoms with van der Waals surface area (Å²) in [5.74, 6) is 0. The molecule has 1 aliphatic carbocycles. The van der Waals surface area contributed by atoms with Gasteiger partial charge in [0.05, 0.1) is 0 Å². The number of hydrazone groups is 1. The first-order valence-corrected chi connectivity index (χ1v) is 5.01. The summed E-state index contributed by atoms with van der Waals surface area (Å²) >= 11 is 4.68. The molecule has 0 atom stereocenters. The van der Waals surface area contributed by atoms with E-state index in [1.54, 1.807) is 0 Å². The van der Waals surface area contributed by atoms with Gasteiger partial charge in [-0.2, -0.15) is 5.10 Å². The normalized spacial score (nSPS) is 24.3. The Kier molecular flexibility index (Phi) is 3.25. The van der Waals surface area contributed by atoms with Gasteiger partial charge >= 0.3 is 0 Å². The third-order valence-electron chi connectivity index (χ3n) is 2.33. The van der Waals surface area contributed by atoms with E-state index in [0.29, 0.717) is 5.41 Å². The summed E-state index contributed by atoms with van der Waals surface area (Å²) in [5.41, 5.74) is 9.51. The lowest BCUT2D eigenvalue weighted by atomic mass is 9.77. The highest BCUT2D eigenvalue weighted by Crippen LogP contribution is 2.33. The van der Waals surface area contributed by atoms with Crippen LogP contribution in [0.4, 0.5) is 0 Å². The summed E-state index contributed by atoms with van der Waals surface area (Å²) in [6.07, 6.45) is 4.60. The van der Waals surface area contributed by atoms with Crippen molar-refractivity contribution in [2.24, 2.45) is 16.3 Å². The molecule has 0 spiro atoms. The van der Waals surface area contributed by atoms with Crippen LogP contribution in [-0.4, -0.2) is 10.8 Å². The molecule has 0 aromatic carbocycles. The van der Waals surface area contributed by atoms with E-state index in [1.807, 2.05) is 0 Å². The van der Waals surface area contributed by atoms with Gasteiger partial charge in [-0.1, -0.05) is 13.8 Å². The molecule has 0 amide bonds. The Morgan fingerprint density at radius 2 is 2.31 bits per heavy atom. The first kappa shape index (κ1) is 10.4. The molecule has 1 aliphatic rings. The van der Waals surface area contributed by atoms with Crippen LogP contribution >= 0.6 is 12.2 Å². The van der Waals surface area contributed by atoms with E-state index in [9.17, 15) is 0 Å². The summed E-state index contributed by atoms with van der Waals surface area (Å²) in [4.78, 5) is 0. The van der Waals surface area contributed by atoms with Crippen LogP contribution < -0.4 is 11.2 Å². The molecule has 0 bridgehead atoms. The fraction of sp³-hybridized carbons (Fsp3) is 0.778. The molecular formula is C9H17N3S. The zero-order valence-electron chi connectivity index (χ0n) is 8.26. The zero-order chi connectivity index (χ0) is 9.90. The SMILES string of the molecule is CC1(C)CCCC(=NNC(N)=S)C1. The molecular weight excluding hydrogens is 182 g/mol. The van der Waals surface area contributed by atoms with Gasteiger partial charge in [-0.25, -0.2) is 0 Å². The molecule has 0 aliphatic heterocycles. The van der Waals surface area contributed by atoms with Crippen LogP contribution in [-0.2, 0) is 0 Å². The van der Waals surface area contributed by atoms with Gasteiger partial charge in [0.2, 0.25) is 0 Å². The van der Waals surface area contributed by atoms with Gasteiger partial charge in [0.25, 0.3) is 0 Å². The second-order valence-corrected chi connectivity index (χ2v) is 4.79. The second-order valence-electron chi connectivity index (χ2n) is 4.35. The number of nitrogens with one attached hydrogen (secondary N) is 1. The summed E-state index contributed by atoms with van der Waals surface area (Å²) in [6.45, 7) is 4.53. The molecule has 0 heterocycles. The van der Waals surface area contributed by atoms with Crippen LogP contribution in [0.1, 0.15) is 39.5 Å². The molecule has 3 N–H and O–H groups in total. The van der Waals surface area contributed by atoms with Crippen molar-refractivity contribution in [3.63, 3.8) is 0 Å². The fourth-order valence-electron chi connectivity index (χ4n) is 1.73. The summed E-state index contributed by atoms with van der Waals surface area (Å²) < 4.78 is 0. The van der Waals surface area contributed by atoms with Gasteiger partial charge in [0.15, 0.2) is 5.11 Å². The topological polar surface area (TPSA) is 50.4 Å². The Balaban J connectivity index is 2.51. The average Bonchev–Trinajstić information content (AvgIpc) is 1.99. The van der Waals surface area contributed by atoms with Crippen LogP contribution in [0, 0.1) is 5.41 Å².